The first-order chi connectivity index (χ1) is 7.04. The Hall–Kier alpha value is -1.23. The van der Waals surface area contributed by atoms with Crippen molar-refractivity contribution in [1.82, 2.24) is 4.98 Å². The number of halogens is 3. The number of pyridine rings is 1. The zero-order valence-electron chi connectivity index (χ0n) is 7.84. The maximum atomic E-state index is 12.2. The van der Waals surface area contributed by atoms with Gasteiger partial charge in [-0.05, 0) is 11.6 Å². The van der Waals surface area contributed by atoms with Crippen molar-refractivity contribution in [3.05, 3.63) is 28.5 Å². The minimum atomic E-state index is -2.72. The molecule has 3 nitrogen and oxygen atoms in total. The third-order valence-corrected chi connectivity index (χ3v) is 2.01. The van der Waals surface area contributed by atoms with Gasteiger partial charge in [-0.3, -0.25) is 9.78 Å². The Bertz CT molecular complexity index is 371. The van der Waals surface area contributed by atoms with Gasteiger partial charge >= 0.3 is 5.97 Å². The van der Waals surface area contributed by atoms with Gasteiger partial charge < -0.3 is 4.74 Å². The highest BCUT2D eigenvalue weighted by Gasteiger charge is 2.14. The summed E-state index contributed by atoms with van der Waals surface area (Å²) in [6, 6.07) is 1.28. The van der Waals surface area contributed by atoms with Crippen LogP contribution in [-0.4, -0.2) is 18.1 Å². The smallest absolute Gasteiger partial charge is 0.310 e. The highest BCUT2D eigenvalue weighted by molar-refractivity contribution is 6.31. The van der Waals surface area contributed by atoms with Gasteiger partial charge in [-0.15, -0.1) is 0 Å². The number of hydrogen-bond acceptors (Lipinski definition) is 3. The van der Waals surface area contributed by atoms with Gasteiger partial charge in [0, 0.05) is 6.20 Å². The molecule has 1 heterocycles. The Balaban J connectivity index is 2.87. The zero-order valence-corrected chi connectivity index (χ0v) is 8.59. The van der Waals surface area contributed by atoms with Crippen molar-refractivity contribution in [3.8, 4) is 0 Å². The molecule has 6 heteroatoms. The molecular weight excluding hydrogens is 228 g/mol. The van der Waals surface area contributed by atoms with Crippen LogP contribution in [-0.2, 0) is 16.0 Å². The molecule has 0 N–H and O–H groups in total. The fraction of sp³-hybridized carbons (Fsp3) is 0.333. The summed E-state index contributed by atoms with van der Waals surface area (Å²) in [6.07, 6.45) is -1.57. The maximum absolute atomic E-state index is 12.2. The van der Waals surface area contributed by atoms with Gasteiger partial charge in [0.15, 0.2) is 0 Å². The average Bonchev–Trinajstić information content (AvgIpc) is 2.17. The standard InChI is InChI=1S/C9H8ClF2NO2/c1-15-7(14)3-5-2-6(10)8(9(11)12)13-4-5/h2,4,9H,3H2,1H3. The molecule has 0 fully saturated rings. The Morgan fingerprint density at radius 3 is 2.80 bits per heavy atom. The average molecular weight is 236 g/mol. The Kier molecular flexibility index (Phi) is 3.96. The molecule has 0 aliphatic carbocycles. The molecule has 0 aliphatic rings. The number of alkyl halides is 2. The largest absolute Gasteiger partial charge is 0.469 e. The van der Waals surface area contributed by atoms with Crippen LogP contribution >= 0.6 is 11.6 Å². The van der Waals surface area contributed by atoms with E-state index < -0.39 is 18.1 Å². The van der Waals surface area contributed by atoms with E-state index in [0.29, 0.717) is 5.56 Å². The first-order valence-electron chi connectivity index (χ1n) is 4.04. The fourth-order valence-corrected chi connectivity index (χ4v) is 1.26. The molecule has 0 unspecified atom stereocenters. The van der Waals surface area contributed by atoms with Crippen molar-refractivity contribution in [2.45, 2.75) is 12.8 Å². The molecular formula is C9H8ClF2NO2. The first-order valence-corrected chi connectivity index (χ1v) is 4.41. The lowest BCUT2D eigenvalue weighted by atomic mass is 10.2. The van der Waals surface area contributed by atoms with Gasteiger partial charge in [0.1, 0.15) is 5.69 Å². The number of aromatic nitrogens is 1. The number of rotatable bonds is 3. The van der Waals surface area contributed by atoms with Gasteiger partial charge in [-0.25, -0.2) is 8.78 Å². The van der Waals surface area contributed by atoms with Crippen LogP contribution in [0.15, 0.2) is 12.3 Å². The van der Waals surface area contributed by atoms with E-state index in [9.17, 15) is 13.6 Å². The van der Waals surface area contributed by atoms with Gasteiger partial charge in [0.2, 0.25) is 0 Å². The summed E-state index contributed by atoms with van der Waals surface area (Å²) in [5.74, 6) is -0.474. The highest BCUT2D eigenvalue weighted by Crippen LogP contribution is 2.25. The lowest BCUT2D eigenvalue weighted by molar-refractivity contribution is -0.139. The SMILES string of the molecule is COC(=O)Cc1cnc(C(F)F)c(Cl)c1. The minimum Gasteiger partial charge on any atom is -0.469 e. The summed E-state index contributed by atoms with van der Waals surface area (Å²) < 4.78 is 28.9. The molecule has 0 saturated heterocycles. The molecule has 1 aromatic rings. The van der Waals surface area contributed by atoms with Crippen LogP contribution in [0.3, 0.4) is 0 Å². The number of ether oxygens (including phenoxy) is 1. The van der Waals surface area contributed by atoms with Crippen LogP contribution in [0.4, 0.5) is 8.78 Å². The molecule has 1 rings (SSSR count). The van der Waals surface area contributed by atoms with E-state index in [1.807, 2.05) is 0 Å². The van der Waals surface area contributed by atoms with Crippen LogP contribution in [0.25, 0.3) is 0 Å². The van der Waals surface area contributed by atoms with E-state index in [1.165, 1.54) is 19.4 Å². The Morgan fingerprint density at radius 1 is 1.67 bits per heavy atom. The highest BCUT2D eigenvalue weighted by atomic mass is 35.5. The molecule has 82 valence electrons. The summed E-state index contributed by atoms with van der Waals surface area (Å²) in [5, 5.41) is -0.147. The van der Waals surface area contributed by atoms with Crippen molar-refractivity contribution in [1.29, 1.82) is 0 Å². The molecule has 0 bridgehead atoms. The minimum absolute atomic E-state index is 0.0350. The van der Waals surface area contributed by atoms with Gasteiger partial charge in [-0.1, -0.05) is 11.6 Å². The lowest BCUT2D eigenvalue weighted by Crippen LogP contribution is -2.05. The predicted octanol–water partition coefficient (Wildman–Crippen LogP) is 2.39. The quantitative estimate of drug-likeness (QED) is 0.755. The monoisotopic (exact) mass is 235 g/mol. The second-order valence-corrected chi connectivity index (χ2v) is 3.17. The number of carbonyl (C=O) groups is 1. The van der Waals surface area contributed by atoms with Crippen LogP contribution in [0.2, 0.25) is 5.02 Å². The molecule has 0 saturated carbocycles. The summed E-state index contributed by atoms with van der Waals surface area (Å²) in [7, 11) is 1.24. The second kappa shape index (κ2) is 5.02. The fourth-order valence-electron chi connectivity index (χ4n) is 0.984. The third kappa shape index (κ3) is 3.13. The van der Waals surface area contributed by atoms with Gasteiger partial charge in [0.05, 0.1) is 18.6 Å². The van der Waals surface area contributed by atoms with Gasteiger partial charge in [0.25, 0.3) is 6.43 Å². The Labute approximate surface area is 90.0 Å². The number of nitrogens with zero attached hydrogens (tertiary/aromatic N) is 1. The molecule has 0 radical (unpaired) electrons. The van der Waals surface area contributed by atoms with E-state index in [1.54, 1.807) is 0 Å². The van der Waals surface area contributed by atoms with E-state index in [0.717, 1.165) is 0 Å². The number of hydrogen-bond donors (Lipinski definition) is 0. The van der Waals surface area contributed by atoms with Gasteiger partial charge in [-0.2, -0.15) is 0 Å². The van der Waals surface area contributed by atoms with Crippen molar-refractivity contribution < 1.29 is 18.3 Å². The summed E-state index contributed by atoms with van der Waals surface area (Å²) >= 11 is 5.56. The molecule has 0 spiro atoms. The summed E-state index contributed by atoms with van der Waals surface area (Å²) in [6.45, 7) is 0. The number of esters is 1. The predicted molar refractivity (Wildman–Crippen MR) is 49.9 cm³/mol. The third-order valence-electron chi connectivity index (χ3n) is 1.71. The first kappa shape index (κ1) is 11.8. The maximum Gasteiger partial charge on any atom is 0.310 e. The molecule has 0 amide bonds. The number of methoxy groups -OCH3 is 1. The molecule has 0 atom stereocenters. The van der Waals surface area contributed by atoms with Crippen molar-refractivity contribution in [2.24, 2.45) is 0 Å². The topological polar surface area (TPSA) is 39.2 Å². The van der Waals surface area contributed by atoms with E-state index in [4.69, 9.17) is 11.6 Å². The second-order valence-electron chi connectivity index (χ2n) is 2.76. The Morgan fingerprint density at radius 2 is 2.33 bits per heavy atom. The van der Waals surface area contributed by atoms with Crippen molar-refractivity contribution >= 4 is 17.6 Å². The molecule has 1 aromatic heterocycles. The zero-order chi connectivity index (χ0) is 11.4. The van der Waals surface area contributed by atoms with E-state index >= 15 is 0 Å². The van der Waals surface area contributed by atoms with E-state index in [2.05, 4.69) is 9.72 Å². The van der Waals surface area contributed by atoms with Crippen LogP contribution < -0.4 is 0 Å². The molecule has 0 aliphatic heterocycles. The van der Waals surface area contributed by atoms with Crippen LogP contribution in [0.5, 0.6) is 0 Å². The summed E-state index contributed by atoms with van der Waals surface area (Å²) in [4.78, 5) is 14.3. The number of carbonyl (C=O) groups excluding carboxylic acids is 1. The molecule has 15 heavy (non-hydrogen) atoms. The van der Waals surface area contributed by atoms with Crippen LogP contribution in [0, 0.1) is 0 Å². The molecule has 0 aromatic carbocycles. The van der Waals surface area contributed by atoms with Crippen molar-refractivity contribution in [2.75, 3.05) is 7.11 Å². The van der Waals surface area contributed by atoms with Crippen LogP contribution in [0.1, 0.15) is 17.7 Å². The van der Waals surface area contributed by atoms with Crippen molar-refractivity contribution in [3.63, 3.8) is 0 Å². The summed E-state index contributed by atoms with van der Waals surface area (Å²) in [5.41, 5.74) is -0.0402. The lowest BCUT2D eigenvalue weighted by Gasteiger charge is -2.04. The van der Waals surface area contributed by atoms with E-state index in [-0.39, 0.29) is 11.4 Å². The normalized spacial score (nSPS) is 10.5.